The van der Waals surface area contributed by atoms with Crippen LogP contribution in [-0.4, -0.2) is 11.6 Å². The lowest BCUT2D eigenvalue weighted by Gasteiger charge is -2.11. The topological polar surface area (TPSA) is 57.4 Å². The van der Waals surface area contributed by atoms with E-state index in [2.05, 4.69) is 18.0 Å². The Morgan fingerprint density at radius 1 is 1.19 bits per heavy atom. The summed E-state index contributed by atoms with van der Waals surface area (Å²) in [6, 6.07) is 9.58. The molecule has 21 heavy (non-hydrogen) atoms. The molecule has 1 aliphatic rings. The Bertz CT molecular complexity index is 651. The van der Waals surface area contributed by atoms with Gasteiger partial charge in [-0.25, -0.2) is 0 Å². The largest absolute Gasteiger partial charge is 0.476 e. The van der Waals surface area contributed by atoms with Gasteiger partial charge in [0.2, 0.25) is 11.8 Å². The zero-order chi connectivity index (χ0) is 14.8. The molecule has 1 heterocycles. The summed E-state index contributed by atoms with van der Waals surface area (Å²) in [5, 5.41) is 0. The van der Waals surface area contributed by atoms with Crippen LogP contribution in [0.15, 0.2) is 30.3 Å². The summed E-state index contributed by atoms with van der Waals surface area (Å²) < 4.78 is 11.5. The molecule has 0 atom stereocenters. The first-order valence-electron chi connectivity index (χ1n) is 7.26. The molecule has 3 rings (SSSR count). The Kier molecular flexibility index (Phi) is 3.69. The number of benzene rings is 1. The number of hydrogen-bond donors (Lipinski definition) is 1. The predicted molar refractivity (Wildman–Crippen MR) is 82.9 cm³/mol. The van der Waals surface area contributed by atoms with E-state index in [1.54, 1.807) is 12.1 Å². The van der Waals surface area contributed by atoms with Crippen molar-refractivity contribution in [2.45, 2.75) is 26.7 Å². The van der Waals surface area contributed by atoms with E-state index in [0.29, 0.717) is 30.0 Å². The van der Waals surface area contributed by atoms with E-state index in [9.17, 15) is 0 Å². The van der Waals surface area contributed by atoms with E-state index in [0.717, 1.165) is 11.3 Å². The highest BCUT2D eigenvalue weighted by molar-refractivity contribution is 5.50. The van der Waals surface area contributed by atoms with Gasteiger partial charge in [0.15, 0.2) is 0 Å². The van der Waals surface area contributed by atoms with Crippen molar-refractivity contribution in [3.63, 3.8) is 0 Å². The second kappa shape index (κ2) is 5.64. The summed E-state index contributed by atoms with van der Waals surface area (Å²) in [7, 11) is 0. The molecule has 0 aliphatic heterocycles. The monoisotopic (exact) mass is 284 g/mol. The summed E-state index contributed by atoms with van der Waals surface area (Å²) >= 11 is 0. The van der Waals surface area contributed by atoms with E-state index in [1.165, 1.54) is 18.4 Å². The van der Waals surface area contributed by atoms with Crippen molar-refractivity contribution >= 4 is 5.69 Å². The van der Waals surface area contributed by atoms with Crippen LogP contribution < -0.4 is 15.2 Å². The molecule has 4 nitrogen and oxygen atoms in total. The summed E-state index contributed by atoms with van der Waals surface area (Å²) in [6.45, 7) is 4.76. The van der Waals surface area contributed by atoms with Crippen molar-refractivity contribution in [3.05, 3.63) is 41.5 Å². The van der Waals surface area contributed by atoms with Gasteiger partial charge in [-0.3, -0.25) is 0 Å². The SMILES string of the molecule is Cc1ccc(Oc2ccc(N)c(OCC3CC3)n2)c(C)c1. The second-order valence-corrected chi connectivity index (χ2v) is 5.67. The van der Waals surface area contributed by atoms with Gasteiger partial charge in [0.25, 0.3) is 0 Å². The van der Waals surface area contributed by atoms with Gasteiger partial charge in [-0.05, 0) is 50.3 Å². The van der Waals surface area contributed by atoms with Crippen molar-refractivity contribution < 1.29 is 9.47 Å². The van der Waals surface area contributed by atoms with Crippen LogP contribution in [0, 0.1) is 19.8 Å². The Hall–Kier alpha value is -2.23. The molecule has 1 aliphatic carbocycles. The number of aryl methyl sites for hydroxylation is 2. The van der Waals surface area contributed by atoms with E-state index < -0.39 is 0 Å². The lowest BCUT2D eigenvalue weighted by molar-refractivity contribution is 0.286. The third kappa shape index (κ3) is 3.45. The third-order valence-electron chi connectivity index (χ3n) is 3.56. The first-order chi connectivity index (χ1) is 10.1. The van der Waals surface area contributed by atoms with Crippen LogP contribution in [-0.2, 0) is 0 Å². The first-order valence-corrected chi connectivity index (χ1v) is 7.26. The van der Waals surface area contributed by atoms with Crippen LogP contribution in [0.3, 0.4) is 0 Å². The Morgan fingerprint density at radius 2 is 2.00 bits per heavy atom. The van der Waals surface area contributed by atoms with Gasteiger partial charge in [-0.1, -0.05) is 17.7 Å². The lowest BCUT2D eigenvalue weighted by Crippen LogP contribution is -2.04. The minimum absolute atomic E-state index is 0.462. The highest BCUT2D eigenvalue weighted by Crippen LogP contribution is 2.32. The van der Waals surface area contributed by atoms with Crippen LogP contribution in [0.2, 0.25) is 0 Å². The Morgan fingerprint density at radius 3 is 2.71 bits per heavy atom. The molecule has 0 amide bonds. The molecular weight excluding hydrogens is 264 g/mol. The van der Waals surface area contributed by atoms with Gasteiger partial charge >= 0.3 is 0 Å². The highest BCUT2D eigenvalue weighted by atomic mass is 16.5. The van der Waals surface area contributed by atoms with Crippen LogP contribution in [0.5, 0.6) is 17.5 Å². The van der Waals surface area contributed by atoms with Gasteiger partial charge in [0.1, 0.15) is 5.75 Å². The fourth-order valence-corrected chi connectivity index (χ4v) is 2.11. The molecule has 0 radical (unpaired) electrons. The molecule has 110 valence electrons. The predicted octanol–water partition coefficient (Wildman–Crippen LogP) is 3.86. The molecule has 0 spiro atoms. The smallest absolute Gasteiger partial charge is 0.240 e. The quantitative estimate of drug-likeness (QED) is 0.905. The van der Waals surface area contributed by atoms with Crippen LogP contribution in [0.25, 0.3) is 0 Å². The van der Waals surface area contributed by atoms with Gasteiger partial charge in [-0.15, -0.1) is 0 Å². The zero-order valence-corrected chi connectivity index (χ0v) is 12.4. The maximum atomic E-state index is 5.90. The van der Waals surface area contributed by atoms with E-state index in [4.69, 9.17) is 15.2 Å². The average Bonchev–Trinajstić information content (AvgIpc) is 3.26. The highest BCUT2D eigenvalue weighted by Gasteiger charge is 2.22. The summed E-state index contributed by atoms with van der Waals surface area (Å²) in [6.07, 6.45) is 2.47. The fourth-order valence-electron chi connectivity index (χ4n) is 2.11. The van der Waals surface area contributed by atoms with Crippen LogP contribution >= 0.6 is 0 Å². The van der Waals surface area contributed by atoms with E-state index in [1.807, 2.05) is 19.1 Å². The number of nitrogen functional groups attached to an aromatic ring is 1. The number of anilines is 1. The molecule has 1 aromatic carbocycles. The number of ether oxygens (including phenoxy) is 2. The normalized spacial score (nSPS) is 14.0. The number of nitrogens with two attached hydrogens (primary N) is 1. The first kappa shape index (κ1) is 13.7. The van der Waals surface area contributed by atoms with E-state index >= 15 is 0 Å². The van der Waals surface area contributed by atoms with Gasteiger partial charge < -0.3 is 15.2 Å². The van der Waals surface area contributed by atoms with Crippen molar-refractivity contribution in [2.24, 2.45) is 5.92 Å². The molecule has 0 bridgehead atoms. The number of nitrogens with zero attached hydrogens (tertiary/aromatic N) is 1. The standard InChI is InChI=1S/C17H20N2O2/c1-11-3-7-15(12(2)9-11)21-16-8-6-14(18)17(19-16)20-10-13-4-5-13/h3,6-9,13H,4-5,10,18H2,1-2H3. The number of hydrogen-bond acceptors (Lipinski definition) is 4. The maximum absolute atomic E-state index is 5.90. The fraction of sp³-hybridized carbons (Fsp3) is 0.353. The van der Waals surface area contributed by atoms with Crippen molar-refractivity contribution in [1.82, 2.24) is 4.98 Å². The third-order valence-corrected chi connectivity index (χ3v) is 3.56. The molecule has 2 aromatic rings. The van der Waals surface area contributed by atoms with E-state index in [-0.39, 0.29) is 0 Å². The van der Waals surface area contributed by atoms with Gasteiger partial charge in [-0.2, -0.15) is 4.98 Å². The molecule has 2 N–H and O–H groups in total. The number of rotatable bonds is 5. The van der Waals surface area contributed by atoms with Crippen molar-refractivity contribution in [1.29, 1.82) is 0 Å². The molecule has 1 aromatic heterocycles. The minimum atomic E-state index is 0.462. The minimum Gasteiger partial charge on any atom is -0.476 e. The Labute approximate surface area is 124 Å². The molecule has 0 unspecified atom stereocenters. The molecule has 1 saturated carbocycles. The molecule has 1 fully saturated rings. The van der Waals surface area contributed by atoms with Crippen molar-refractivity contribution in [2.75, 3.05) is 12.3 Å². The maximum Gasteiger partial charge on any atom is 0.240 e. The summed E-state index contributed by atoms with van der Waals surface area (Å²) in [5.41, 5.74) is 8.73. The van der Waals surface area contributed by atoms with Crippen molar-refractivity contribution in [3.8, 4) is 17.5 Å². The van der Waals surface area contributed by atoms with Gasteiger partial charge in [0.05, 0.1) is 12.3 Å². The number of aromatic nitrogens is 1. The second-order valence-electron chi connectivity index (χ2n) is 5.67. The summed E-state index contributed by atoms with van der Waals surface area (Å²) in [5.74, 6) is 2.42. The van der Waals surface area contributed by atoms with Gasteiger partial charge in [0, 0.05) is 6.07 Å². The molecular formula is C17H20N2O2. The molecule has 4 heteroatoms. The van der Waals surface area contributed by atoms with Crippen LogP contribution in [0.4, 0.5) is 5.69 Å². The average molecular weight is 284 g/mol. The number of pyridine rings is 1. The summed E-state index contributed by atoms with van der Waals surface area (Å²) in [4.78, 5) is 4.36. The lowest BCUT2D eigenvalue weighted by atomic mass is 10.1. The molecule has 0 saturated heterocycles. The zero-order valence-electron chi connectivity index (χ0n) is 12.4. The van der Waals surface area contributed by atoms with Crippen LogP contribution in [0.1, 0.15) is 24.0 Å². The Balaban J connectivity index is 1.76.